The minimum absolute atomic E-state index is 0.0279. The van der Waals surface area contributed by atoms with Gasteiger partial charge < -0.3 is 10.2 Å². The lowest BCUT2D eigenvalue weighted by Gasteiger charge is -2.07. The lowest BCUT2D eigenvalue weighted by molar-refractivity contribution is -0.134. The maximum atomic E-state index is 9.31. The third kappa shape index (κ3) is 22.5. The molecule has 3 heteroatoms. The van der Waals surface area contributed by atoms with E-state index in [0.29, 0.717) is 0 Å². The minimum atomic E-state index is -0.833. The fourth-order valence-electron chi connectivity index (χ4n) is 1.02. The first kappa shape index (κ1) is 15.9. The number of unbranched alkanes of at least 4 members (excludes halogenated alkanes) is 2. The zero-order valence-electron chi connectivity index (χ0n) is 9.62. The molecule has 0 unspecified atom stereocenters. The maximum Gasteiger partial charge on any atom is 0.300 e. The van der Waals surface area contributed by atoms with Crippen molar-refractivity contribution in [2.45, 2.75) is 65.4 Å². The fourth-order valence-corrected chi connectivity index (χ4v) is 1.02. The van der Waals surface area contributed by atoms with Gasteiger partial charge in [0.15, 0.2) is 0 Å². The van der Waals surface area contributed by atoms with E-state index in [9.17, 15) is 5.11 Å². The molecule has 0 aromatic carbocycles. The smallest absolute Gasteiger partial charge is 0.300 e. The number of hydrogen-bond acceptors (Lipinski definition) is 2. The molecule has 0 amide bonds. The molecule has 0 aliphatic rings. The monoisotopic (exact) mass is 204 g/mol. The molecule has 0 saturated carbocycles. The van der Waals surface area contributed by atoms with E-state index in [1.54, 1.807) is 0 Å². The van der Waals surface area contributed by atoms with Crippen LogP contribution >= 0.6 is 0 Å². The molecule has 0 aromatic heterocycles. The molecule has 0 rings (SSSR count). The molecule has 0 radical (unpaired) electrons. The molecule has 0 fully saturated rings. The number of aliphatic hydroxyl groups is 1. The summed E-state index contributed by atoms with van der Waals surface area (Å²) < 4.78 is 0. The van der Waals surface area contributed by atoms with Crippen molar-refractivity contribution in [3.05, 3.63) is 0 Å². The molecular weight excluding hydrogens is 180 g/mol. The number of carboxylic acids is 1. The summed E-state index contributed by atoms with van der Waals surface area (Å²) in [6.07, 6.45) is 6.70. The Morgan fingerprint density at radius 2 is 1.43 bits per heavy atom. The van der Waals surface area contributed by atoms with Gasteiger partial charge in [-0.15, -0.1) is 0 Å². The SMILES string of the molecule is CC(=O)O.CCCCC(O)CCCC. The highest BCUT2D eigenvalue weighted by Gasteiger charge is 2.00. The maximum absolute atomic E-state index is 9.31. The highest BCUT2D eigenvalue weighted by atomic mass is 16.4. The van der Waals surface area contributed by atoms with Crippen LogP contribution in [0.2, 0.25) is 0 Å². The van der Waals surface area contributed by atoms with Crippen LogP contribution in [0.5, 0.6) is 0 Å². The Hall–Kier alpha value is -0.570. The van der Waals surface area contributed by atoms with Crippen molar-refractivity contribution in [3.63, 3.8) is 0 Å². The third-order valence-corrected chi connectivity index (χ3v) is 1.78. The van der Waals surface area contributed by atoms with E-state index in [1.807, 2.05) is 0 Å². The van der Waals surface area contributed by atoms with Gasteiger partial charge in [0.2, 0.25) is 0 Å². The summed E-state index contributed by atoms with van der Waals surface area (Å²) in [4.78, 5) is 9.00. The minimum Gasteiger partial charge on any atom is -0.481 e. The lowest BCUT2D eigenvalue weighted by Crippen LogP contribution is -2.05. The van der Waals surface area contributed by atoms with Crippen LogP contribution in [0.4, 0.5) is 0 Å². The van der Waals surface area contributed by atoms with Crippen LogP contribution in [-0.4, -0.2) is 22.3 Å². The lowest BCUT2D eigenvalue weighted by atomic mass is 10.1. The molecule has 86 valence electrons. The average molecular weight is 204 g/mol. The van der Waals surface area contributed by atoms with Crippen molar-refractivity contribution in [1.82, 2.24) is 0 Å². The molecule has 0 spiro atoms. The summed E-state index contributed by atoms with van der Waals surface area (Å²) in [5.41, 5.74) is 0. The van der Waals surface area contributed by atoms with Gasteiger partial charge in [-0.1, -0.05) is 39.5 Å². The van der Waals surface area contributed by atoms with E-state index in [-0.39, 0.29) is 6.10 Å². The summed E-state index contributed by atoms with van der Waals surface area (Å²) >= 11 is 0. The van der Waals surface area contributed by atoms with Crippen LogP contribution < -0.4 is 0 Å². The van der Waals surface area contributed by atoms with Crippen molar-refractivity contribution < 1.29 is 15.0 Å². The number of aliphatic hydroxyl groups excluding tert-OH is 1. The predicted molar refractivity (Wildman–Crippen MR) is 58.4 cm³/mol. The zero-order chi connectivity index (χ0) is 11.4. The van der Waals surface area contributed by atoms with Crippen LogP contribution in [0.1, 0.15) is 59.3 Å². The van der Waals surface area contributed by atoms with Gasteiger partial charge in [0.05, 0.1) is 6.10 Å². The number of carboxylic acid groups (broad SMARTS) is 1. The normalized spacial score (nSPS) is 9.50. The second kappa shape index (κ2) is 12.4. The van der Waals surface area contributed by atoms with Crippen molar-refractivity contribution in [2.75, 3.05) is 0 Å². The molecule has 0 saturated heterocycles. The molecule has 0 aromatic rings. The van der Waals surface area contributed by atoms with Crippen LogP contribution in [-0.2, 0) is 4.79 Å². The van der Waals surface area contributed by atoms with Gasteiger partial charge in [0.25, 0.3) is 5.97 Å². The van der Waals surface area contributed by atoms with Crippen molar-refractivity contribution in [3.8, 4) is 0 Å². The van der Waals surface area contributed by atoms with Gasteiger partial charge in [-0.25, -0.2) is 0 Å². The Balaban J connectivity index is 0. The fraction of sp³-hybridized carbons (Fsp3) is 0.909. The molecular formula is C11H24O3. The molecule has 0 heterocycles. The molecule has 2 N–H and O–H groups in total. The van der Waals surface area contributed by atoms with Crippen LogP contribution in [0.25, 0.3) is 0 Å². The van der Waals surface area contributed by atoms with Crippen LogP contribution in [0, 0.1) is 0 Å². The average Bonchev–Trinajstić information content (AvgIpc) is 2.10. The van der Waals surface area contributed by atoms with E-state index in [4.69, 9.17) is 9.90 Å². The van der Waals surface area contributed by atoms with Gasteiger partial charge >= 0.3 is 0 Å². The largest absolute Gasteiger partial charge is 0.481 e. The Labute approximate surface area is 87.1 Å². The first-order valence-electron chi connectivity index (χ1n) is 5.42. The molecule has 0 aliphatic carbocycles. The predicted octanol–water partition coefficient (Wildman–Crippen LogP) is 2.82. The van der Waals surface area contributed by atoms with E-state index < -0.39 is 5.97 Å². The van der Waals surface area contributed by atoms with Gasteiger partial charge in [-0.3, -0.25) is 4.79 Å². The van der Waals surface area contributed by atoms with E-state index in [1.165, 1.54) is 25.7 Å². The summed E-state index contributed by atoms with van der Waals surface area (Å²) in [7, 11) is 0. The summed E-state index contributed by atoms with van der Waals surface area (Å²) in [6.45, 7) is 5.40. The summed E-state index contributed by atoms with van der Waals surface area (Å²) in [5.74, 6) is -0.833. The molecule has 0 atom stereocenters. The van der Waals surface area contributed by atoms with E-state index in [0.717, 1.165) is 19.8 Å². The molecule has 3 nitrogen and oxygen atoms in total. The second-order valence-corrected chi connectivity index (χ2v) is 3.46. The highest BCUT2D eigenvalue weighted by molar-refractivity contribution is 5.62. The standard InChI is InChI=1S/C9H20O.C2H4O2/c1-3-5-7-9(10)8-6-4-2;1-2(3)4/h9-10H,3-8H2,1-2H3;1H3,(H,3,4). The first-order valence-corrected chi connectivity index (χ1v) is 5.42. The van der Waals surface area contributed by atoms with Crippen molar-refractivity contribution >= 4 is 5.97 Å². The van der Waals surface area contributed by atoms with Gasteiger partial charge in [-0.2, -0.15) is 0 Å². The van der Waals surface area contributed by atoms with Gasteiger partial charge in [0.1, 0.15) is 0 Å². The zero-order valence-corrected chi connectivity index (χ0v) is 9.62. The number of carbonyl (C=O) groups is 1. The molecule has 14 heavy (non-hydrogen) atoms. The van der Waals surface area contributed by atoms with Crippen LogP contribution in [0.15, 0.2) is 0 Å². The molecule has 0 bridgehead atoms. The van der Waals surface area contributed by atoms with Gasteiger partial charge in [0, 0.05) is 6.92 Å². The van der Waals surface area contributed by atoms with Crippen LogP contribution in [0.3, 0.4) is 0 Å². The van der Waals surface area contributed by atoms with E-state index >= 15 is 0 Å². The number of aliphatic carboxylic acids is 1. The second-order valence-electron chi connectivity index (χ2n) is 3.46. The van der Waals surface area contributed by atoms with E-state index in [2.05, 4.69) is 13.8 Å². The first-order chi connectivity index (χ1) is 6.54. The summed E-state index contributed by atoms with van der Waals surface area (Å²) in [6, 6.07) is 0. The Morgan fingerprint density at radius 3 is 1.64 bits per heavy atom. The van der Waals surface area contributed by atoms with Crippen molar-refractivity contribution in [2.24, 2.45) is 0 Å². The highest BCUT2D eigenvalue weighted by Crippen LogP contribution is 2.07. The Bertz CT molecular complexity index is 112. The van der Waals surface area contributed by atoms with Gasteiger partial charge in [-0.05, 0) is 12.8 Å². The number of rotatable bonds is 6. The van der Waals surface area contributed by atoms with Crippen molar-refractivity contribution in [1.29, 1.82) is 0 Å². The topological polar surface area (TPSA) is 57.5 Å². The quantitative estimate of drug-likeness (QED) is 0.699. The third-order valence-electron chi connectivity index (χ3n) is 1.78. The Kier molecular flexibility index (Phi) is 14.1. The Morgan fingerprint density at radius 1 is 1.14 bits per heavy atom. The number of hydrogen-bond donors (Lipinski definition) is 2. The molecule has 0 aliphatic heterocycles. The summed E-state index contributed by atoms with van der Waals surface area (Å²) in [5, 5.41) is 16.7.